The first kappa shape index (κ1) is 20.5. The second-order valence-electron chi connectivity index (χ2n) is 6.44. The molecular weight excluding hydrogens is 346 g/mol. The SMILES string of the molecule is CC(=O)OC1C2OCCCCC(C(CSCCCN)O2)C1OC(C)=O. The monoisotopic (exact) mass is 375 g/mol. The summed E-state index contributed by atoms with van der Waals surface area (Å²) >= 11 is 1.77. The highest BCUT2D eigenvalue weighted by Crippen LogP contribution is 2.37. The van der Waals surface area contributed by atoms with E-state index in [1.807, 2.05) is 0 Å². The molecule has 0 aromatic rings. The van der Waals surface area contributed by atoms with Crippen molar-refractivity contribution >= 4 is 23.7 Å². The summed E-state index contributed by atoms with van der Waals surface area (Å²) in [5, 5.41) is 0. The smallest absolute Gasteiger partial charge is 0.303 e. The van der Waals surface area contributed by atoms with Crippen molar-refractivity contribution in [3.8, 4) is 0 Å². The van der Waals surface area contributed by atoms with Gasteiger partial charge in [0.2, 0.25) is 0 Å². The fraction of sp³-hybridized carbons (Fsp3) is 0.882. The van der Waals surface area contributed by atoms with Crippen LogP contribution < -0.4 is 5.73 Å². The van der Waals surface area contributed by atoms with Gasteiger partial charge in [0.25, 0.3) is 0 Å². The van der Waals surface area contributed by atoms with Gasteiger partial charge in [-0.2, -0.15) is 11.8 Å². The largest absolute Gasteiger partial charge is 0.458 e. The first-order valence-electron chi connectivity index (χ1n) is 8.92. The van der Waals surface area contributed by atoms with Gasteiger partial charge in [-0.15, -0.1) is 0 Å². The van der Waals surface area contributed by atoms with Crippen molar-refractivity contribution in [2.45, 2.75) is 64.1 Å². The van der Waals surface area contributed by atoms with Gasteiger partial charge in [-0.05, 0) is 31.6 Å². The molecule has 3 aliphatic rings. The fourth-order valence-electron chi connectivity index (χ4n) is 3.33. The van der Waals surface area contributed by atoms with Crippen LogP contribution in [0.2, 0.25) is 0 Å². The summed E-state index contributed by atoms with van der Waals surface area (Å²) in [4.78, 5) is 23.2. The summed E-state index contributed by atoms with van der Waals surface area (Å²) in [7, 11) is 0. The Hall–Kier alpha value is -0.830. The third kappa shape index (κ3) is 6.13. The summed E-state index contributed by atoms with van der Waals surface area (Å²) in [6.45, 7) is 3.91. The number of nitrogens with two attached hydrogens (primary N) is 1. The number of thioether (sulfide) groups is 1. The molecular formula is C17H29NO6S. The molecule has 3 rings (SSSR count). The van der Waals surface area contributed by atoms with E-state index in [2.05, 4.69) is 0 Å². The lowest BCUT2D eigenvalue weighted by Crippen LogP contribution is -2.58. The van der Waals surface area contributed by atoms with Crippen molar-refractivity contribution < 1.29 is 28.5 Å². The van der Waals surface area contributed by atoms with Crippen LogP contribution in [0.15, 0.2) is 0 Å². The van der Waals surface area contributed by atoms with Crippen molar-refractivity contribution in [2.24, 2.45) is 11.7 Å². The first-order chi connectivity index (χ1) is 12.0. The number of carbonyl (C=O) groups excluding carboxylic acids is 2. The lowest BCUT2D eigenvalue weighted by atomic mass is 9.85. The molecule has 3 aliphatic heterocycles. The Morgan fingerprint density at radius 3 is 2.56 bits per heavy atom. The number of rotatable bonds is 7. The number of ether oxygens (including phenoxy) is 4. The molecule has 0 radical (unpaired) electrons. The van der Waals surface area contributed by atoms with E-state index in [1.54, 1.807) is 11.8 Å². The molecule has 0 amide bonds. The maximum absolute atomic E-state index is 11.6. The molecule has 5 unspecified atom stereocenters. The maximum Gasteiger partial charge on any atom is 0.303 e. The molecule has 0 aliphatic carbocycles. The number of carbonyl (C=O) groups is 2. The van der Waals surface area contributed by atoms with E-state index in [1.165, 1.54) is 13.8 Å². The van der Waals surface area contributed by atoms with Gasteiger partial charge in [-0.25, -0.2) is 0 Å². The van der Waals surface area contributed by atoms with Crippen LogP contribution in [0.5, 0.6) is 0 Å². The summed E-state index contributed by atoms with van der Waals surface area (Å²) in [6.07, 6.45) is 1.57. The Bertz CT molecular complexity index is 449. The summed E-state index contributed by atoms with van der Waals surface area (Å²) in [5.41, 5.74) is 5.55. The number of hydrogen-bond acceptors (Lipinski definition) is 8. The fourth-order valence-corrected chi connectivity index (χ4v) is 4.43. The molecule has 2 N–H and O–H groups in total. The molecule has 5 atom stereocenters. The van der Waals surface area contributed by atoms with Crippen LogP contribution in [-0.4, -0.2) is 61.2 Å². The van der Waals surface area contributed by atoms with Gasteiger partial charge in [-0.3, -0.25) is 9.59 Å². The maximum atomic E-state index is 11.6. The van der Waals surface area contributed by atoms with Gasteiger partial charge >= 0.3 is 11.9 Å². The molecule has 3 heterocycles. The van der Waals surface area contributed by atoms with Crippen molar-refractivity contribution in [3.63, 3.8) is 0 Å². The van der Waals surface area contributed by atoms with Crippen molar-refractivity contribution in [2.75, 3.05) is 24.7 Å². The van der Waals surface area contributed by atoms with Gasteiger partial charge in [-0.1, -0.05) is 6.42 Å². The highest BCUT2D eigenvalue weighted by atomic mass is 32.2. The highest BCUT2D eigenvalue weighted by Gasteiger charge is 2.50. The molecule has 3 fully saturated rings. The Labute approximate surface area is 153 Å². The Morgan fingerprint density at radius 2 is 1.88 bits per heavy atom. The van der Waals surface area contributed by atoms with Crippen LogP contribution in [0.4, 0.5) is 0 Å². The van der Waals surface area contributed by atoms with Crippen LogP contribution in [0.3, 0.4) is 0 Å². The third-order valence-corrected chi connectivity index (χ3v) is 5.53. The molecule has 25 heavy (non-hydrogen) atoms. The molecule has 0 aromatic heterocycles. The van der Waals surface area contributed by atoms with Crippen molar-refractivity contribution in [1.29, 1.82) is 0 Å². The van der Waals surface area contributed by atoms with Gasteiger partial charge < -0.3 is 24.7 Å². The Kier molecular flexibility index (Phi) is 8.48. The van der Waals surface area contributed by atoms with Gasteiger partial charge in [0, 0.05) is 32.1 Å². The minimum Gasteiger partial charge on any atom is -0.458 e. The van der Waals surface area contributed by atoms with Crippen LogP contribution in [0, 0.1) is 5.92 Å². The topological polar surface area (TPSA) is 97.1 Å². The van der Waals surface area contributed by atoms with E-state index in [0.29, 0.717) is 13.2 Å². The lowest BCUT2D eigenvalue weighted by molar-refractivity contribution is -0.285. The standard InChI is InChI=1S/C17H29NO6S/c1-11(19)22-15-13-6-3-4-8-21-17(16(15)23-12(2)20)24-14(13)10-25-9-5-7-18/h13-17H,3-10,18H2,1-2H3. The van der Waals surface area contributed by atoms with Crippen LogP contribution in [0.1, 0.15) is 39.5 Å². The molecule has 0 saturated carbocycles. The summed E-state index contributed by atoms with van der Waals surface area (Å²) < 4.78 is 23.0. The first-order valence-corrected chi connectivity index (χ1v) is 10.1. The highest BCUT2D eigenvalue weighted by molar-refractivity contribution is 7.99. The van der Waals surface area contributed by atoms with E-state index in [9.17, 15) is 9.59 Å². The van der Waals surface area contributed by atoms with E-state index in [0.717, 1.165) is 37.2 Å². The number of hydrogen-bond donors (Lipinski definition) is 1. The van der Waals surface area contributed by atoms with E-state index in [4.69, 9.17) is 24.7 Å². The zero-order valence-electron chi connectivity index (χ0n) is 15.0. The van der Waals surface area contributed by atoms with Crippen LogP contribution >= 0.6 is 11.8 Å². The van der Waals surface area contributed by atoms with Crippen LogP contribution in [0.25, 0.3) is 0 Å². The second-order valence-corrected chi connectivity index (χ2v) is 7.59. The van der Waals surface area contributed by atoms with Gasteiger partial charge in [0.15, 0.2) is 12.4 Å². The number of fused-ring (bicyclic) bond motifs is 6. The molecule has 0 aromatic carbocycles. The average molecular weight is 375 g/mol. The predicted molar refractivity (Wildman–Crippen MR) is 94.1 cm³/mol. The van der Waals surface area contributed by atoms with Crippen molar-refractivity contribution in [1.82, 2.24) is 0 Å². The molecule has 8 heteroatoms. The Morgan fingerprint density at radius 1 is 1.16 bits per heavy atom. The minimum atomic E-state index is -0.727. The van der Waals surface area contributed by atoms with E-state index < -0.39 is 24.5 Å². The predicted octanol–water partition coefficient (Wildman–Crippen LogP) is 1.47. The van der Waals surface area contributed by atoms with E-state index >= 15 is 0 Å². The number of esters is 2. The summed E-state index contributed by atoms with van der Waals surface area (Å²) in [6, 6.07) is 0. The summed E-state index contributed by atoms with van der Waals surface area (Å²) in [5.74, 6) is 0.890. The Balaban J connectivity index is 2.18. The van der Waals surface area contributed by atoms with E-state index in [-0.39, 0.29) is 18.0 Å². The van der Waals surface area contributed by atoms with Gasteiger partial charge in [0.1, 0.15) is 6.10 Å². The quantitative estimate of drug-likeness (QED) is 0.528. The molecule has 2 bridgehead atoms. The molecule has 144 valence electrons. The normalized spacial score (nSPS) is 32.4. The second kappa shape index (κ2) is 10.4. The van der Waals surface area contributed by atoms with Crippen molar-refractivity contribution in [3.05, 3.63) is 0 Å². The zero-order valence-corrected chi connectivity index (χ0v) is 15.8. The molecule has 3 saturated heterocycles. The zero-order chi connectivity index (χ0) is 18.2. The molecule has 0 spiro atoms. The molecule has 7 nitrogen and oxygen atoms in total. The average Bonchev–Trinajstić information content (AvgIpc) is 2.68. The minimum absolute atomic E-state index is 0.0171. The van der Waals surface area contributed by atoms with Gasteiger partial charge in [0.05, 0.1) is 6.10 Å². The lowest BCUT2D eigenvalue weighted by Gasteiger charge is -2.44. The van der Waals surface area contributed by atoms with Crippen LogP contribution in [-0.2, 0) is 28.5 Å². The third-order valence-electron chi connectivity index (χ3n) is 4.39.